The molecule has 0 aliphatic carbocycles. The highest BCUT2D eigenvalue weighted by molar-refractivity contribution is 14.1. The first kappa shape index (κ1) is 9.71. The van der Waals surface area contributed by atoms with Gasteiger partial charge in [0.05, 0.1) is 0 Å². The van der Waals surface area contributed by atoms with E-state index in [0.717, 1.165) is 14.7 Å². The molecule has 0 aromatic heterocycles. The van der Waals surface area contributed by atoms with Crippen LogP contribution < -0.4 is 0 Å². The Bertz CT molecular complexity index is 305. The zero-order valence-corrected chi connectivity index (χ0v) is 9.38. The third-order valence-corrected chi connectivity index (χ3v) is 2.49. The number of carbonyl (C=O) groups is 1. The summed E-state index contributed by atoms with van der Waals surface area (Å²) in [5, 5.41) is 0. The van der Waals surface area contributed by atoms with Gasteiger partial charge in [-0.1, -0.05) is 13.0 Å². The van der Waals surface area contributed by atoms with Gasteiger partial charge in [-0.25, -0.2) is 0 Å². The van der Waals surface area contributed by atoms with E-state index < -0.39 is 0 Å². The smallest absolute Gasteiger partial charge is 0.162 e. The average Bonchev–Trinajstić information content (AvgIpc) is 2.08. The predicted molar refractivity (Wildman–Crippen MR) is 58.5 cm³/mol. The second-order valence-electron chi connectivity index (χ2n) is 2.74. The maximum atomic E-state index is 11.4. The lowest BCUT2D eigenvalue weighted by Crippen LogP contribution is -1.99. The van der Waals surface area contributed by atoms with Crippen molar-refractivity contribution in [3.8, 4) is 0 Å². The minimum absolute atomic E-state index is 0.228. The Balaban J connectivity index is 3.13. The van der Waals surface area contributed by atoms with Gasteiger partial charge in [-0.3, -0.25) is 4.79 Å². The Morgan fingerprint density at radius 1 is 1.50 bits per heavy atom. The lowest BCUT2D eigenvalue weighted by molar-refractivity contribution is 0.0987. The first-order valence-electron chi connectivity index (χ1n) is 3.94. The van der Waals surface area contributed by atoms with E-state index in [1.54, 1.807) is 0 Å². The van der Waals surface area contributed by atoms with E-state index in [1.165, 1.54) is 0 Å². The van der Waals surface area contributed by atoms with Crippen molar-refractivity contribution in [1.29, 1.82) is 0 Å². The van der Waals surface area contributed by atoms with Crippen LogP contribution in [0.15, 0.2) is 18.2 Å². The molecule has 0 aliphatic rings. The fraction of sp³-hybridized carbons (Fsp3) is 0.300. The Hall–Kier alpha value is -0.380. The number of benzene rings is 1. The molecule has 0 saturated carbocycles. The number of rotatable bonds is 2. The monoisotopic (exact) mass is 274 g/mol. The largest absolute Gasteiger partial charge is 0.294 e. The molecule has 0 atom stereocenters. The lowest BCUT2D eigenvalue weighted by Gasteiger charge is -2.02. The molecule has 0 unspecified atom stereocenters. The zero-order chi connectivity index (χ0) is 9.14. The molecule has 1 nitrogen and oxygen atoms in total. The van der Waals surface area contributed by atoms with Crippen LogP contribution >= 0.6 is 22.6 Å². The number of hydrogen-bond acceptors (Lipinski definition) is 1. The lowest BCUT2D eigenvalue weighted by atomic mass is 10.0. The van der Waals surface area contributed by atoms with Gasteiger partial charge in [-0.2, -0.15) is 0 Å². The molecule has 0 amide bonds. The Morgan fingerprint density at radius 2 is 2.17 bits per heavy atom. The van der Waals surface area contributed by atoms with E-state index >= 15 is 0 Å². The quantitative estimate of drug-likeness (QED) is 0.598. The van der Waals surface area contributed by atoms with Crippen molar-refractivity contribution >= 4 is 28.4 Å². The molecule has 0 fully saturated rings. The summed E-state index contributed by atoms with van der Waals surface area (Å²) in [5.74, 6) is 0.228. The van der Waals surface area contributed by atoms with Crippen molar-refractivity contribution in [2.24, 2.45) is 0 Å². The maximum Gasteiger partial charge on any atom is 0.162 e. The minimum atomic E-state index is 0.228. The first-order valence-corrected chi connectivity index (χ1v) is 5.02. The van der Waals surface area contributed by atoms with Crippen LogP contribution in [0.2, 0.25) is 0 Å². The summed E-state index contributed by atoms with van der Waals surface area (Å²) in [5.41, 5.74) is 1.94. The molecule has 1 rings (SSSR count). The van der Waals surface area contributed by atoms with Crippen LogP contribution in [0.3, 0.4) is 0 Å². The van der Waals surface area contributed by atoms with Crippen molar-refractivity contribution < 1.29 is 4.79 Å². The highest BCUT2D eigenvalue weighted by Crippen LogP contribution is 2.14. The third kappa shape index (κ3) is 2.06. The standard InChI is InChI=1S/C10H11IO/c1-3-10(12)9-6-8(11)5-4-7(9)2/h4-6H,3H2,1-2H3. The number of ketones is 1. The number of hydrogen-bond donors (Lipinski definition) is 0. The summed E-state index contributed by atoms with van der Waals surface area (Å²) in [6, 6.07) is 5.95. The van der Waals surface area contributed by atoms with Gasteiger partial charge >= 0.3 is 0 Å². The summed E-state index contributed by atoms with van der Waals surface area (Å²) in [6.45, 7) is 3.86. The van der Waals surface area contributed by atoms with E-state index in [4.69, 9.17) is 0 Å². The van der Waals surface area contributed by atoms with Gasteiger partial charge in [0.15, 0.2) is 5.78 Å². The highest BCUT2D eigenvalue weighted by atomic mass is 127. The average molecular weight is 274 g/mol. The summed E-state index contributed by atoms with van der Waals surface area (Å²) < 4.78 is 1.12. The van der Waals surface area contributed by atoms with E-state index in [-0.39, 0.29) is 5.78 Å². The zero-order valence-electron chi connectivity index (χ0n) is 7.23. The molecule has 0 aliphatic heterocycles. The van der Waals surface area contributed by atoms with E-state index in [0.29, 0.717) is 6.42 Å². The minimum Gasteiger partial charge on any atom is -0.294 e. The third-order valence-electron chi connectivity index (χ3n) is 1.82. The van der Waals surface area contributed by atoms with Crippen molar-refractivity contribution in [3.05, 3.63) is 32.9 Å². The fourth-order valence-electron chi connectivity index (χ4n) is 1.09. The molecule has 0 heterocycles. The summed E-state index contributed by atoms with van der Waals surface area (Å²) >= 11 is 2.22. The van der Waals surface area contributed by atoms with Crippen LogP contribution in [0.25, 0.3) is 0 Å². The normalized spacial score (nSPS) is 9.92. The van der Waals surface area contributed by atoms with Gasteiger partial charge < -0.3 is 0 Å². The van der Waals surface area contributed by atoms with Gasteiger partial charge in [-0.05, 0) is 47.2 Å². The first-order chi connectivity index (χ1) is 5.65. The highest BCUT2D eigenvalue weighted by Gasteiger charge is 2.06. The second-order valence-corrected chi connectivity index (χ2v) is 3.98. The van der Waals surface area contributed by atoms with Gasteiger partial charge in [-0.15, -0.1) is 0 Å². The van der Waals surface area contributed by atoms with E-state index in [9.17, 15) is 4.79 Å². The summed E-state index contributed by atoms with van der Waals surface area (Å²) in [4.78, 5) is 11.4. The molecule has 64 valence electrons. The Kier molecular flexibility index (Phi) is 3.26. The van der Waals surface area contributed by atoms with Crippen LogP contribution in [0.5, 0.6) is 0 Å². The SMILES string of the molecule is CCC(=O)c1cc(I)ccc1C. The number of aryl methyl sites for hydroxylation is 1. The number of halogens is 1. The molecule has 0 radical (unpaired) electrons. The number of Topliss-reactive ketones (excluding diaryl/α,β-unsaturated/α-hetero) is 1. The molecule has 1 aromatic rings. The topological polar surface area (TPSA) is 17.1 Å². The molecule has 0 saturated heterocycles. The van der Waals surface area contributed by atoms with Crippen LogP contribution in [0.4, 0.5) is 0 Å². The van der Waals surface area contributed by atoms with Crippen molar-refractivity contribution in [2.75, 3.05) is 0 Å². The van der Waals surface area contributed by atoms with Crippen molar-refractivity contribution in [1.82, 2.24) is 0 Å². The van der Waals surface area contributed by atoms with Crippen LogP contribution in [-0.2, 0) is 0 Å². The van der Waals surface area contributed by atoms with Crippen molar-refractivity contribution in [2.45, 2.75) is 20.3 Å². The van der Waals surface area contributed by atoms with Gasteiger partial charge in [0, 0.05) is 15.6 Å². The Morgan fingerprint density at radius 3 is 2.75 bits per heavy atom. The van der Waals surface area contributed by atoms with Gasteiger partial charge in [0.25, 0.3) is 0 Å². The molecular formula is C10H11IO. The molecule has 0 N–H and O–H groups in total. The molecular weight excluding hydrogens is 263 g/mol. The van der Waals surface area contributed by atoms with E-state index in [2.05, 4.69) is 22.6 Å². The second kappa shape index (κ2) is 4.03. The molecule has 0 bridgehead atoms. The molecule has 2 heteroatoms. The predicted octanol–water partition coefficient (Wildman–Crippen LogP) is 3.19. The van der Waals surface area contributed by atoms with Crippen molar-refractivity contribution in [3.63, 3.8) is 0 Å². The van der Waals surface area contributed by atoms with E-state index in [1.807, 2.05) is 32.0 Å². The Labute approximate surface area is 86.3 Å². The molecule has 12 heavy (non-hydrogen) atoms. The molecule has 0 spiro atoms. The van der Waals surface area contributed by atoms with Gasteiger partial charge in [0.2, 0.25) is 0 Å². The fourth-order valence-corrected chi connectivity index (χ4v) is 1.58. The van der Waals surface area contributed by atoms with Crippen LogP contribution in [0.1, 0.15) is 29.3 Å². The van der Waals surface area contributed by atoms with Gasteiger partial charge in [0.1, 0.15) is 0 Å². The van der Waals surface area contributed by atoms with Crippen LogP contribution in [0, 0.1) is 10.5 Å². The molecule has 1 aromatic carbocycles. The summed E-state index contributed by atoms with van der Waals surface area (Å²) in [7, 11) is 0. The number of carbonyl (C=O) groups excluding carboxylic acids is 1. The maximum absolute atomic E-state index is 11.4. The van der Waals surface area contributed by atoms with Crippen LogP contribution in [-0.4, -0.2) is 5.78 Å². The summed E-state index contributed by atoms with van der Waals surface area (Å²) in [6.07, 6.45) is 0.584.